The molecule has 0 saturated heterocycles. The van der Waals surface area contributed by atoms with E-state index in [2.05, 4.69) is 10.4 Å². The van der Waals surface area contributed by atoms with Crippen LogP contribution in [0.5, 0.6) is 11.5 Å². The molecule has 0 fully saturated rings. The minimum absolute atomic E-state index is 0.0944. The van der Waals surface area contributed by atoms with Gasteiger partial charge >= 0.3 is 0 Å². The first-order valence-electron chi connectivity index (χ1n) is 8.44. The van der Waals surface area contributed by atoms with Gasteiger partial charge in [0.05, 0.1) is 27.4 Å². The number of carbonyl (C=O) groups excluding carboxylic acids is 1. The summed E-state index contributed by atoms with van der Waals surface area (Å²) in [7, 11) is 0. The fourth-order valence-corrected chi connectivity index (χ4v) is 2.83. The summed E-state index contributed by atoms with van der Waals surface area (Å²) in [5.74, 6) is 0.249. The van der Waals surface area contributed by atoms with Crippen molar-refractivity contribution in [3.05, 3.63) is 74.0 Å². The number of nitrogens with zero attached hydrogens (tertiary/aromatic N) is 3. The highest BCUT2D eigenvalue weighted by molar-refractivity contribution is 6.31. The van der Waals surface area contributed by atoms with Crippen molar-refractivity contribution in [1.29, 1.82) is 0 Å². The zero-order chi connectivity index (χ0) is 21.1. The van der Waals surface area contributed by atoms with Crippen LogP contribution in [0, 0.1) is 24.0 Å². The van der Waals surface area contributed by atoms with Crippen molar-refractivity contribution in [2.24, 2.45) is 0 Å². The zero-order valence-corrected chi connectivity index (χ0v) is 17.0. The van der Waals surface area contributed by atoms with Gasteiger partial charge in [-0.3, -0.25) is 19.6 Å². The van der Waals surface area contributed by atoms with E-state index in [1.807, 2.05) is 6.92 Å². The molecule has 0 bridgehead atoms. The monoisotopic (exact) mass is 434 g/mol. The molecule has 0 spiro atoms. The molecule has 150 valence electrons. The molecular formula is C19H16Cl2N4O4. The molecule has 0 saturated carbocycles. The molecule has 3 rings (SSSR count). The predicted octanol–water partition coefficient (Wildman–Crippen LogP) is 5.15. The SMILES string of the molecule is Cc1cc(Oc2cc(NC(=O)Cn3cc(Cl)c(C)n3)cc([N+](=O)[O-])c2)ccc1Cl. The van der Waals surface area contributed by atoms with E-state index in [0.717, 1.165) is 5.56 Å². The van der Waals surface area contributed by atoms with Crippen LogP contribution in [0.25, 0.3) is 0 Å². The molecule has 2 aromatic carbocycles. The summed E-state index contributed by atoms with van der Waals surface area (Å²) in [6.45, 7) is 3.44. The smallest absolute Gasteiger partial charge is 0.275 e. The number of anilines is 1. The molecule has 1 amide bonds. The fraction of sp³-hybridized carbons (Fsp3) is 0.158. The number of rotatable bonds is 6. The number of halogens is 2. The van der Waals surface area contributed by atoms with Crippen LogP contribution >= 0.6 is 23.2 Å². The maximum absolute atomic E-state index is 12.3. The molecule has 0 aliphatic carbocycles. The molecule has 1 aromatic heterocycles. The summed E-state index contributed by atoms with van der Waals surface area (Å²) >= 11 is 11.9. The number of non-ortho nitro benzene ring substituents is 1. The van der Waals surface area contributed by atoms with E-state index in [4.69, 9.17) is 27.9 Å². The van der Waals surface area contributed by atoms with E-state index in [-0.39, 0.29) is 23.7 Å². The van der Waals surface area contributed by atoms with Gasteiger partial charge < -0.3 is 10.1 Å². The molecular weight excluding hydrogens is 419 g/mol. The van der Waals surface area contributed by atoms with Crippen LogP contribution in [0.3, 0.4) is 0 Å². The number of carbonyl (C=O) groups is 1. The largest absolute Gasteiger partial charge is 0.457 e. The third kappa shape index (κ3) is 5.24. The summed E-state index contributed by atoms with van der Waals surface area (Å²) in [5.41, 5.74) is 1.40. The van der Waals surface area contributed by atoms with E-state index in [1.54, 1.807) is 25.1 Å². The van der Waals surface area contributed by atoms with Gasteiger partial charge in [0, 0.05) is 23.4 Å². The topological polar surface area (TPSA) is 99.3 Å². The molecule has 0 radical (unpaired) electrons. The lowest BCUT2D eigenvalue weighted by atomic mass is 10.2. The second-order valence-electron chi connectivity index (χ2n) is 6.29. The van der Waals surface area contributed by atoms with E-state index >= 15 is 0 Å². The molecule has 29 heavy (non-hydrogen) atoms. The first-order chi connectivity index (χ1) is 13.7. The summed E-state index contributed by atoms with van der Waals surface area (Å²) in [4.78, 5) is 23.0. The Balaban J connectivity index is 1.81. The van der Waals surface area contributed by atoms with Crippen LogP contribution in [0.15, 0.2) is 42.6 Å². The molecule has 8 nitrogen and oxygen atoms in total. The molecule has 10 heteroatoms. The number of aromatic nitrogens is 2. The molecule has 0 unspecified atom stereocenters. The highest BCUT2D eigenvalue weighted by Crippen LogP contribution is 2.31. The summed E-state index contributed by atoms with van der Waals surface area (Å²) < 4.78 is 7.10. The number of nitro groups is 1. The Morgan fingerprint density at radius 2 is 1.93 bits per heavy atom. The van der Waals surface area contributed by atoms with Gasteiger partial charge in [-0.2, -0.15) is 5.10 Å². The van der Waals surface area contributed by atoms with Gasteiger partial charge in [0.15, 0.2) is 0 Å². The number of ether oxygens (including phenoxy) is 1. The molecule has 1 heterocycles. The Hall–Kier alpha value is -3.10. The maximum Gasteiger partial charge on any atom is 0.275 e. The minimum atomic E-state index is -0.563. The number of hydrogen-bond acceptors (Lipinski definition) is 5. The lowest BCUT2D eigenvalue weighted by molar-refractivity contribution is -0.384. The normalized spacial score (nSPS) is 10.6. The Kier molecular flexibility index (Phi) is 6.05. The van der Waals surface area contributed by atoms with Crippen LogP contribution in [0.1, 0.15) is 11.3 Å². The van der Waals surface area contributed by atoms with Gasteiger partial charge in [-0.05, 0) is 37.6 Å². The minimum Gasteiger partial charge on any atom is -0.457 e. The average Bonchev–Trinajstić information content (AvgIpc) is 2.95. The van der Waals surface area contributed by atoms with Gasteiger partial charge in [0.25, 0.3) is 5.69 Å². The van der Waals surface area contributed by atoms with Crippen LogP contribution < -0.4 is 10.1 Å². The van der Waals surface area contributed by atoms with E-state index in [9.17, 15) is 14.9 Å². The van der Waals surface area contributed by atoms with Crippen LogP contribution in [-0.4, -0.2) is 20.6 Å². The van der Waals surface area contributed by atoms with Crippen LogP contribution in [0.2, 0.25) is 10.0 Å². The van der Waals surface area contributed by atoms with Crippen molar-refractivity contribution in [2.45, 2.75) is 20.4 Å². The second kappa shape index (κ2) is 8.50. The first-order valence-corrected chi connectivity index (χ1v) is 9.20. The number of nitro benzene ring substituents is 1. The van der Waals surface area contributed by atoms with Gasteiger partial charge in [0.2, 0.25) is 5.91 Å². The number of amides is 1. The summed E-state index contributed by atoms with van der Waals surface area (Å²) in [6, 6.07) is 9.05. The maximum atomic E-state index is 12.3. The predicted molar refractivity (Wildman–Crippen MR) is 110 cm³/mol. The van der Waals surface area contributed by atoms with E-state index < -0.39 is 10.8 Å². The van der Waals surface area contributed by atoms with Crippen molar-refractivity contribution in [1.82, 2.24) is 9.78 Å². The number of nitrogens with one attached hydrogen (secondary N) is 1. The number of hydrogen-bond donors (Lipinski definition) is 1. The van der Waals surface area contributed by atoms with Gasteiger partial charge in [-0.15, -0.1) is 0 Å². The van der Waals surface area contributed by atoms with Gasteiger partial charge in [0.1, 0.15) is 18.0 Å². The Morgan fingerprint density at radius 3 is 2.55 bits per heavy atom. The Morgan fingerprint density at radius 1 is 1.17 bits per heavy atom. The second-order valence-corrected chi connectivity index (χ2v) is 7.11. The van der Waals surface area contributed by atoms with E-state index in [1.165, 1.54) is 29.1 Å². The molecule has 0 atom stereocenters. The first kappa shape index (κ1) is 20.6. The molecule has 3 aromatic rings. The molecule has 0 aliphatic heterocycles. The summed E-state index contributed by atoms with van der Waals surface area (Å²) in [5, 5.41) is 19.0. The molecule has 0 aliphatic rings. The Labute approximate surface area is 176 Å². The van der Waals surface area contributed by atoms with Crippen LogP contribution in [0.4, 0.5) is 11.4 Å². The third-order valence-electron chi connectivity index (χ3n) is 3.94. The van der Waals surface area contributed by atoms with Crippen molar-refractivity contribution in [3.8, 4) is 11.5 Å². The van der Waals surface area contributed by atoms with Crippen molar-refractivity contribution in [2.75, 3.05) is 5.32 Å². The van der Waals surface area contributed by atoms with Gasteiger partial charge in [-0.25, -0.2) is 0 Å². The van der Waals surface area contributed by atoms with Crippen LogP contribution in [-0.2, 0) is 11.3 Å². The highest BCUT2D eigenvalue weighted by atomic mass is 35.5. The average molecular weight is 435 g/mol. The zero-order valence-electron chi connectivity index (χ0n) is 15.5. The third-order valence-corrected chi connectivity index (χ3v) is 4.74. The molecule has 1 N–H and O–H groups in total. The summed E-state index contributed by atoms with van der Waals surface area (Å²) in [6.07, 6.45) is 1.53. The fourth-order valence-electron chi connectivity index (χ4n) is 2.56. The lowest BCUT2D eigenvalue weighted by Gasteiger charge is -2.10. The van der Waals surface area contributed by atoms with Gasteiger partial charge in [-0.1, -0.05) is 23.2 Å². The van der Waals surface area contributed by atoms with Crippen molar-refractivity contribution < 1.29 is 14.5 Å². The van der Waals surface area contributed by atoms with E-state index in [0.29, 0.717) is 21.5 Å². The van der Waals surface area contributed by atoms with Crippen molar-refractivity contribution >= 4 is 40.5 Å². The lowest BCUT2D eigenvalue weighted by Crippen LogP contribution is -2.19. The quantitative estimate of drug-likeness (QED) is 0.427. The number of aryl methyl sites for hydroxylation is 2. The standard InChI is InChI=1S/C19H16Cl2N4O4/c1-11-5-15(3-4-17(11)20)29-16-7-13(6-14(8-16)25(27)28)22-19(26)10-24-9-18(21)12(2)23-24/h3-9H,10H2,1-2H3,(H,22,26). The highest BCUT2D eigenvalue weighted by Gasteiger charge is 2.14. The van der Waals surface area contributed by atoms with Crippen molar-refractivity contribution in [3.63, 3.8) is 0 Å². The number of benzene rings is 2. The Bertz CT molecular complexity index is 1080.